The quantitative estimate of drug-likeness (QED) is 0.645. The summed E-state index contributed by atoms with van der Waals surface area (Å²) < 4.78 is 10.6. The lowest BCUT2D eigenvalue weighted by atomic mass is 10.2. The fourth-order valence-electron chi connectivity index (χ4n) is 1.04. The van der Waals surface area contributed by atoms with Crippen LogP contribution in [-0.4, -0.2) is 13.2 Å². The highest BCUT2D eigenvalue weighted by Crippen LogP contribution is 2.09. The number of ether oxygens (including phenoxy) is 2. The van der Waals surface area contributed by atoms with Gasteiger partial charge < -0.3 is 9.47 Å². The van der Waals surface area contributed by atoms with Gasteiger partial charge in [-0.2, -0.15) is 0 Å². The zero-order valence-electron chi connectivity index (χ0n) is 8.48. The SMILES string of the molecule is C=COCC(C)COc1ccccc1. The molecule has 0 aliphatic heterocycles. The predicted molar refractivity (Wildman–Crippen MR) is 57.3 cm³/mol. The van der Waals surface area contributed by atoms with Gasteiger partial charge in [-0.1, -0.05) is 31.7 Å². The predicted octanol–water partition coefficient (Wildman–Crippen LogP) is 2.86. The average molecular weight is 192 g/mol. The van der Waals surface area contributed by atoms with Gasteiger partial charge in [0.1, 0.15) is 5.75 Å². The first-order valence-corrected chi connectivity index (χ1v) is 4.73. The van der Waals surface area contributed by atoms with Crippen LogP contribution in [0.15, 0.2) is 43.2 Å². The summed E-state index contributed by atoms with van der Waals surface area (Å²) in [5.74, 6) is 1.27. The molecule has 0 aliphatic carbocycles. The highest BCUT2D eigenvalue weighted by atomic mass is 16.5. The first-order chi connectivity index (χ1) is 6.83. The molecule has 1 unspecified atom stereocenters. The largest absolute Gasteiger partial charge is 0.501 e. The molecule has 1 aromatic carbocycles. The van der Waals surface area contributed by atoms with Crippen LogP contribution in [0.5, 0.6) is 5.75 Å². The second kappa shape index (κ2) is 6.08. The molecule has 0 spiro atoms. The van der Waals surface area contributed by atoms with E-state index in [1.54, 1.807) is 0 Å². The minimum Gasteiger partial charge on any atom is -0.501 e. The minimum absolute atomic E-state index is 0.369. The maximum absolute atomic E-state index is 5.55. The zero-order valence-corrected chi connectivity index (χ0v) is 8.48. The van der Waals surface area contributed by atoms with Gasteiger partial charge in [0.25, 0.3) is 0 Å². The Morgan fingerprint density at radius 2 is 2.00 bits per heavy atom. The Hall–Kier alpha value is -1.44. The van der Waals surface area contributed by atoms with E-state index in [2.05, 4.69) is 13.5 Å². The molecule has 0 heterocycles. The van der Waals surface area contributed by atoms with Crippen molar-refractivity contribution in [1.82, 2.24) is 0 Å². The number of benzene rings is 1. The lowest BCUT2D eigenvalue weighted by Gasteiger charge is -2.12. The van der Waals surface area contributed by atoms with E-state index < -0.39 is 0 Å². The number of hydrogen-bond donors (Lipinski definition) is 0. The normalized spacial score (nSPS) is 11.8. The third-order valence-corrected chi connectivity index (χ3v) is 1.78. The van der Waals surface area contributed by atoms with Crippen molar-refractivity contribution in [2.24, 2.45) is 5.92 Å². The average Bonchev–Trinajstić information content (AvgIpc) is 2.25. The van der Waals surface area contributed by atoms with Crippen LogP contribution in [0.25, 0.3) is 0 Å². The molecule has 0 amide bonds. The fourth-order valence-corrected chi connectivity index (χ4v) is 1.04. The molecule has 0 saturated carbocycles. The molecule has 1 rings (SSSR count). The van der Waals surface area contributed by atoms with E-state index in [4.69, 9.17) is 9.47 Å². The number of rotatable bonds is 6. The van der Waals surface area contributed by atoms with E-state index in [-0.39, 0.29) is 0 Å². The Bertz CT molecular complexity index is 256. The number of para-hydroxylation sites is 1. The third kappa shape index (κ3) is 3.99. The molecule has 0 aromatic heterocycles. The van der Waals surface area contributed by atoms with Crippen LogP contribution in [-0.2, 0) is 4.74 Å². The molecule has 0 aliphatic rings. The second-order valence-corrected chi connectivity index (χ2v) is 3.23. The monoisotopic (exact) mass is 192 g/mol. The molecular formula is C12H16O2. The van der Waals surface area contributed by atoms with Gasteiger partial charge in [-0.3, -0.25) is 0 Å². The lowest BCUT2D eigenvalue weighted by Crippen LogP contribution is -2.13. The van der Waals surface area contributed by atoms with Gasteiger partial charge in [-0.25, -0.2) is 0 Å². The van der Waals surface area contributed by atoms with Crippen LogP contribution in [0.2, 0.25) is 0 Å². The Balaban J connectivity index is 2.23. The van der Waals surface area contributed by atoms with E-state index in [0.29, 0.717) is 19.1 Å². The molecule has 0 saturated heterocycles. The molecule has 0 radical (unpaired) electrons. The van der Waals surface area contributed by atoms with Crippen molar-refractivity contribution in [1.29, 1.82) is 0 Å². The van der Waals surface area contributed by atoms with E-state index in [1.807, 2.05) is 30.3 Å². The van der Waals surface area contributed by atoms with Gasteiger partial charge in [-0.05, 0) is 12.1 Å². The molecule has 0 bridgehead atoms. The van der Waals surface area contributed by atoms with Crippen LogP contribution in [0.3, 0.4) is 0 Å². The summed E-state index contributed by atoms with van der Waals surface area (Å²) in [6.45, 7) is 6.88. The van der Waals surface area contributed by atoms with Crippen molar-refractivity contribution in [2.75, 3.05) is 13.2 Å². The van der Waals surface area contributed by atoms with Crippen LogP contribution < -0.4 is 4.74 Å². The Morgan fingerprint density at radius 3 is 2.64 bits per heavy atom. The van der Waals surface area contributed by atoms with Crippen molar-refractivity contribution in [2.45, 2.75) is 6.92 Å². The van der Waals surface area contributed by atoms with E-state index in [9.17, 15) is 0 Å². The van der Waals surface area contributed by atoms with Crippen LogP contribution >= 0.6 is 0 Å². The molecule has 2 heteroatoms. The van der Waals surface area contributed by atoms with Crippen LogP contribution in [0.4, 0.5) is 0 Å². The van der Waals surface area contributed by atoms with E-state index >= 15 is 0 Å². The molecule has 14 heavy (non-hydrogen) atoms. The van der Waals surface area contributed by atoms with Gasteiger partial charge in [0.2, 0.25) is 0 Å². The van der Waals surface area contributed by atoms with Gasteiger partial charge in [0, 0.05) is 5.92 Å². The van der Waals surface area contributed by atoms with Gasteiger partial charge in [0.05, 0.1) is 19.5 Å². The summed E-state index contributed by atoms with van der Waals surface area (Å²) >= 11 is 0. The molecule has 1 aromatic rings. The second-order valence-electron chi connectivity index (χ2n) is 3.23. The van der Waals surface area contributed by atoms with E-state index in [0.717, 1.165) is 5.75 Å². The summed E-state index contributed by atoms with van der Waals surface area (Å²) in [5, 5.41) is 0. The molecule has 0 N–H and O–H groups in total. The molecule has 0 fully saturated rings. The summed E-state index contributed by atoms with van der Waals surface area (Å²) in [6, 6.07) is 9.78. The van der Waals surface area contributed by atoms with Gasteiger partial charge >= 0.3 is 0 Å². The third-order valence-electron chi connectivity index (χ3n) is 1.78. The molecule has 1 atom stereocenters. The Labute approximate surface area is 85.2 Å². The van der Waals surface area contributed by atoms with Crippen LogP contribution in [0.1, 0.15) is 6.92 Å². The fraction of sp³-hybridized carbons (Fsp3) is 0.333. The number of hydrogen-bond acceptors (Lipinski definition) is 2. The summed E-state index contributed by atoms with van der Waals surface area (Å²) in [4.78, 5) is 0. The standard InChI is InChI=1S/C12H16O2/c1-3-13-9-11(2)10-14-12-7-5-4-6-8-12/h3-8,11H,1,9-10H2,2H3. The first-order valence-electron chi connectivity index (χ1n) is 4.73. The summed E-state index contributed by atoms with van der Waals surface area (Å²) in [6.07, 6.45) is 1.46. The smallest absolute Gasteiger partial charge is 0.119 e. The molecule has 2 nitrogen and oxygen atoms in total. The first kappa shape index (κ1) is 10.6. The topological polar surface area (TPSA) is 18.5 Å². The maximum Gasteiger partial charge on any atom is 0.119 e. The van der Waals surface area contributed by atoms with Gasteiger partial charge in [-0.15, -0.1) is 0 Å². The Kier molecular flexibility index (Phi) is 4.62. The van der Waals surface area contributed by atoms with Crippen LogP contribution in [0, 0.1) is 5.92 Å². The van der Waals surface area contributed by atoms with Gasteiger partial charge in [0.15, 0.2) is 0 Å². The summed E-state index contributed by atoms with van der Waals surface area (Å²) in [5.41, 5.74) is 0. The van der Waals surface area contributed by atoms with Crippen molar-refractivity contribution < 1.29 is 9.47 Å². The lowest BCUT2D eigenvalue weighted by molar-refractivity contribution is 0.156. The summed E-state index contributed by atoms with van der Waals surface area (Å²) in [7, 11) is 0. The van der Waals surface area contributed by atoms with Crippen molar-refractivity contribution in [3.8, 4) is 5.75 Å². The Morgan fingerprint density at radius 1 is 1.29 bits per heavy atom. The highest BCUT2D eigenvalue weighted by Gasteiger charge is 2.02. The van der Waals surface area contributed by atoms with Crippen molar-refractivity contribution in [3.63, 3.8) is 0 Å². The van der Waals surface area contributed by atoms with E-state index in [1.165, 1.54) is 6.26 Å². The molecule has 76 valence electrons. The highest BCUT2D eigenvalue weighted by molar-refractivity contribution is 5.20. The minimum atomic E-state index is 0.369. The zero-order chi connectivity index (χ0) is 10.2. The van der Waals surface area contributed by atoms with Crippen molar-refractivity contribution in [3.05, 3.63) is 43.2 Å². The molecular weight excluding hydrogens is 176 g/mol. The maximum atomic E-state index is 5.55. The van der Waals surface area contributed by atoms with Crippen molar-refractivity contribution >= 4 is 0 Å².